The Kier molecular flexibility index (Phi) is 3.88. The summed E-state index contributed by atoms with van der Waals surface area (Å²) in [5.74, 6) is -0.957. The molecular formula is C15H11N3O3S. The summed E-state index contributed by atoms with van der Waals surface area (Å²) in [6.45, 7) is 0. The number of carboxylic acid groups (broad SMARTS) is 1. The van der Waals surface area contributed by atoms with E-state index in [9.17, 15) is 4.79 Å². The van der Waals surface area contributed by atoms with Crippen LogP contribution in [0.4, 0.5) is 0 Å². The van der Waals surface area contributed by atoms with Gasteiger partial charge in [-0.1, -0.05) is 23.4 Å². The molecule has 3 rings (SSSR count). The molecule has 2 aromatic heterocycles. The van der Waals surface area contributed by atoms with Crippen LogP contribution in [-0.4, -0.2) is 38.2 Å². The normalized spacial score (nSPS) is 11.5. The molecule has 7 heteroatoms. The van der Waals surface area contributed by atoms with E-state index < -0.39 is 5.97 Å². The average molecular weight is 313 g/mol. The molecule has 6 nitrogen and oxygen atoms in total. The van der Waals surface area contributed by atoms with Crippen LogP contribution in [0.15, 0.2) is 46.6 Å². The van der Waals surface area contributed by atoms with Crippen molar-refractivity contribution < 1.29 is 15.1 Å². The van der Waals surface area contributed by atoms with Crippen LogP contribution >= 0.6 is 11.8 Å². The summed E-state index contributed by atoms with van der Waals surface area (Å²) in [5.41, 5.74) is 1.83. The average Bonchev–Trinajstić information content (AvgIpc) is 2.52. The van der Waals surface area contributed by atoms with Gasteiger partial charge < -0.3 is 10.3 Å². The van der Waals surface area contributed by atoms with Gasteiger partial charge in [0.1, 0.15) is 0 Å². The summed E-state index contributed by atoms with van der Waals surface area (Å²) in [6.07, 6.45) is 2.90. The molecule has 0 saturated carbocycles. The third kappa shape index (κ3) is 2.71. The number of carbonyl (C=O) groups is 1. The molecule has 22 heavy (non-hydrogen) atoms. The monoisotopic (exact) mass is 313 g/mol. The number of hydrogen-bond donors (Lipinski definition) is 2. The summed E-state index contributed by atoms with van der Waals surface area (Å²) in [6, 6.07) is 9.30. The number of oxime groups is 1. The largest absolute Gasteiger partial charge is 0.481 e. The van der Waals surface area contributed by atoms with Gasteiger partial charge in [-0.25, -0.2) is 4.98 Å². The molecule has 0 unspecified atom stereocenters. The molecule has 0 amide bonds. The highest BCUT2D eigenvalue weighted by Crippen LogP contribution is 2.31. The van der Waals surface area contributed by atoms with Crippen LogP contribution in [0.5, 0.6) is 0 Å². The van der Waals surface area contributed by atoms with Gasteiger partial charge in [-0.05, 0) is 12.1 Å². The molecule has 0 spiro atoms. The molecular weight excluding hydrogens is 302 g/mol. The van der Waals surface area contributed by atoms with E-state index in [1.54, 1.807) is 12.3 Å². The highest BCUT2D eigenvalue weighted by molar-refractivity contribution is 8.00. The zero-order valence-corrected chi connectivity index (χ0v) is 12.1. The number of benzene rings is 1. The maximum absolute atomic E-state index is 10.8. The molecule has 3 aromatic rings. The Morgan fingerprint density at radius 2 is 2.18 bits per heavy atom. The Balaban J connectivity index is 2.28. The first-order valence-electron chi connectivity index (χ1n) is 6.39. The lowest BCUT2D eigenvalue weighted by atomic mass is 10.1. The first-order valence-corrected chi connectivity index (χ1v) is 7.38. The maximum atomic E-state index is 10.8. The van der Waals surface area contributed by atoms with Gasteiger partial charge in [0.15, 0.2) is 0 Å². The molecule has 110 valence electrons. The van der Waals surface area contributed by atoms with Crippen LogP contribution in [0, 0.1) is 0 Å². The van der Waals surface area contributed by atoms with E-state index >= 15 is 0 Å². The van der Waals surface area contributed by atoms with Gasteiger partial charge in [-0.2, -0.15) is 0 Å². The van der Waals surface area contributed by atoms with Crippen molar-refractivity contribution in [3.8, 4) is 0 Å². The summed E-state index contributed by atoms with van der Waals surface area (Å²) in [4.78, 5) is 20.4. The van der Waals surface area contributed by atoms with Crippen molar-refractivity contribution in [2.45, 2.75) is 4.90 Å². The fourth-order valence-electron chi connectivity index (χ4n) is 2.20. The first kappa shape index (κ1) is 14.3. The van der Waals surface area contributed by atoms with E-state index in [-0.39, 0.29) is 5.75 Å². The molecule has 0 aliphatic rings. The predicted molar refractivity (Wildman–Crippen MR) is 84.8 cm³/mol. The molecule has 0 fully saturated rings. The van der Waals surface area contributed by atoms with Crippen molar-refractivity contribution in [3.05, 3.63) is 42.2 Å². The van der Waals surface area contributed by atoms with Gasteiger partial charge in [-0.3, -0.25) is 9.78 Å². The van der Waals surface area contributed by atoms with Crippen molar-refractivity contribution in [2.75, 3.05) is 5.75 Å². The second-order valence-electron chi connectivity index (χ2n) is 4.51. The van der Waals surface area contributed by atoms with E-state index in [1.807, 2.05) is 24.3 Å². The Bertz CT molecular complexity index is 896. The number of nitrogens with zero attached hydrogens (tertiary/aromatic N) is 3. The van der Waals surface area contributed by atoms with Crippen LogP contribution in [0.25, 0.3) is 21.8 Å². The second kappa shape index (κ2) is 5.98. The van der Waals surface area contributed by atoms with E-state index in [2.05, 4.69) is 15.1 Å². The zero-order chi connectivity index (χ0) is 15.5. The number of rotatable bonds is 4. The van der Waals surface area contributed by atoms with Crippen molar-refractivity contribution in [1.82, 2.24) is 9.97 Å². The fraction of sp³-hybridized carbons (Fsp3) is 0.0667. The van der Waals surface area contributed by atoms with E-state index in [4.69, 9.17) is 10.3 Å². The van der Waals surface area contributed by atoms with Crippen molar-refractivity contribution >= 4 is 45.8 Å². The van der Waals surface area contributed by atoms with Gasteiger partial charge in [0, 0.05) is 21.9 Å². The number of thioether (sulfide) groups is 1. The number of pyridine rings is 2. The van der Waals surface area contributed by atoms with Gasteiger partial charge in [0.05, 0.1) is 28.7 Å². The number of fused-ring (bicyclic) bond motifs is 3. The third-order valence-electron chi connectivity index (χ3n) is 3.07. The van der Waals surface area contributed by atoms with Crippen LogP contribution in [0.3, 0.4) is 0 Å². The highest BCUT2D eigenvalue weighted by atomic mass is 32.2. The Morgan fingerprint density at radius 3 is 2.95 bits per heavy atom. The molecule has 0 aliphatic heterocycles. The smallest absolute Gasteiger partial charge is 0.313 e. The first-order chi connectivity index (χ1) is 10.7. The minimum Gasteiger partial charge on any atom is -0.481 e. The summed E-state index contributed by atoms with van der Waals surface area (Å²) in [7, 11) is 0. The molecule has 0 bridgehead atoms. The van der Waals surface area contributed by atoms with Crippen LogP contribution in [-0.2, 0) is 4.79 Å². The van der Waals surface area contributed by atoms with Crippen molar-refractivity contribution in [1.29, 1.82) is 0 Å². The van der Waals surface area contributed by atoms with E-state index in [1.165, 1.54) is 18.0 Å². The molecule has 2 heterocycles. The molecule has 0 radical (unpaired) electrons. The van der Waals surface area contributed by atoms with Crippen LogP contribution in [0.1, 0.15) is 5.69 Å². The lowest BCUT2D eigenvalue weighted by Gasteiger charge is -2.08. The van der Waals surface area contributed by atoms with E-state index in [0.717, 1.165) is 21.2 Å². The standard InChI is InChI=1S/C15H11N3O3S/c19-13(20)8-22-12-6-10(7-17-21)18-15-11(12)4-3-9-2-1-5-16-14(9)15/h1-7,21H,8H2,(H,19,20)/b17-7+. The molecule has 1 aromatic carbocycles. The van der Waals surface area contributed by atoms with E-state index in [0.29, 0.717) is 11.2 Å². The van der Waals surface area contributed by atoms with Crippen LogP contribution < -0.4 is 0 Å². The predicted octanol–water partition coefficient (Wildman–Crippen LogP) is 2.77. The molecule has 0 saturated heterocycles. The van der Waals surface area contributed by atoms with Crippen molar-refractivity contribution in [3.63, 3.8) is 0 Å². The Hall–Kier alpha value is -2.67. The highest BCUT2D eigenvalue weighted by Gasteiger charge is 2.11. The zero-order valence-electron chi connectivity index (χ0n) is 11.3. The fourth-order valence-corrected chi connectivity index (χ4v) is 3.00. The van der Waals surface area contributed by atoms with Gasteiger partial charge in [0.2, 0.25) is 0 Å². The van der Waals surface area contributed by atoms with Crippen LogP contribution in [0.2, 0.25) is 0 Å². The summed E-state index contributed by atoms with van der Waals surface area (Å²) < 4.78 is 0. The molecule has 0 atom stereocenters. The topological polar surface area (TPSA) is 95.7 Å². The SMILES string of the molecule is O=C(O)CSc1cc(/C=N/O)nc2c1ccc1cccnc12. The summed E-state index contributed by atoms with van der Waals surface area (Å²) >= 11 is 1.20. The number of aromatic nitrogens is 2. The lowest BCUT2D eigenvalue weighted by molar-refractivity contribution is -0.133. The number of hydrogen-bond acceptors (Lipinski definition) is 6. The minimum atomic E-state index is -0.897. The van der Waals surface area contributed by atoms with Gasteiger partial charge in [0.25, 0.3) is 0 Å². The molecule has 0 aliphatic carbocycles. The Labute approximate surface area is 129 Å². The Morgan fingerprint density at radius 1 is 1.32 bits per heavy atom. The maximum Gasteiger partial charge on any atom is 0.313 e. The number of carboxylic acids is 1. The molecule has 2 N–H and O–H groups in total. The lowest BCUT2D eigenvalue weighted by Crippen LogP contribution is -1.99. The third-order valence-corrected chi connectivity index (χ3v) is 4.11. The number of aliphatic carboxylic acids is 1. The van der Waals surface area contributed by atoms with Gasteiger partial charge in [-0.15, -0.1) is 11.8 Å². The quantitative estimate of drug-likeness (QED) is 0.253. The summed E-state index contributed by atoms with van der Waals surface area (Å²) in [5, 5.41) is 22.4. The van der Waals surface area contributed by atoms with Gasteiger partial charge >= 0.3 is 5.97 Å². The van der Waals surface area contributed by atoms with Crippen molar-refractivity contribution in [2.24, 2.45) is 5.16 Å². The second-order valence-corrected chi connectivity index (χ2v) is 5.53. The minimum absolute atomic E-state index is 0.0604.